The molecule has 17 heavy (non-hydrogen) atoms. The zero-order valence-electron chi connectivity index (χ0n) is 11.2. The Morgan fingerprint density at radius 2 is 2.18 bits per heavy atom. The number of aromatic nitrogens is 2. The normalized spacial score (nSPS) is 13.1. The van der Waals surface area contributed by atoms with E-state index >= 15 is 0 Å². The fourth-order valence-corrected chi connectivity index (χ4v) is 1.82. The van der Waals surface area contributed by atoms with Gasteiger partial charge in [0, 0.05) is 24.5 Å². The third-order valence-corrected chi connectivity index (χ3v) is 2.82. The second kappa shape index (κ2) is 5.82. The van der Waals surface area contributed by atoms with Gasteiger partial charge in [-0.25, -0.2) is 4.98 Å². The lowest BCUT2D eigenvalue weighted by Gasteiger charge is -2.27. The molecule has 1 aromatic rings. The van der Waals surface area contributed by atoms with E-state index in [1.165, 1.54) is 0 Å². The van der Waals surface area contributed by atoms with Crippen LogP contribution in [-0.2, 0) is 0 Å². The van der Waals surface area contributed by atoms with Crippen molar-refractivity contribution in [2.45, 2.75) is 26.8 Å². The molecule has 0 saturated heterocycles. The molecule has 0 aliphatic carbocycles. The van der Waals surface area contributed by atoms with Crippen LogP contribution in [0.25, 0.3) is 0 Å². The smallest absolute Gasteiger partial charge is 0.287 e. The molecule has 0 saturated carbocycles. The van der Waals surface area contributed by atoms with Gasteiger partial charge in [0.15, 0.2) is 5.82 Å². The van der Waals surface area contributed by atoms with Crippen LogP contribution in [-0.4, -0.2) is 47.5 Å². The molecule has 0 aromatic carbocycles. The Balaban J connectivity index is 2.52. The number of likely N-dealkylation sites (N-methyl/N-ethyl adjacent to an activating group) is 1. The summed E-state index contributed by atoms with van der Waals surface area (Å²) in [5.74, 6) is 0.720. The van der Waals surface area contributed by atoms with Gasteiger partial charge in [0.2, 0.25) is 0 Å². The Hall–Kier alpha value is -1.36. The number of aromatic amines is 1. The first-order valence-electron chi connectivity index (χ1n) is 5.88. The quantitative estimate of drug-likeness (QED) is 0.805. The molecule has 1 heterocycles. The summed E-state index contributed by atoms with van der Waals surface area (Å²) in [4.78, 5) is 20.8. The molecular formula is C12H22N4O. The molecule has 0 spiro atoms. The van der Waals surface area contributed by atoms with Gasteiger partial charge in [0.1, 0.15) is 0 Å². The Morgan fingerprint density at radius 3 is 2.59 bits per heavy atom. The van der Waals surface area contributed by atoms with Gasteiger partial charge in [-0.2, -0.15) is 0 Å². The molecule has 96 valence electrons. The number of nitrogens with one attached hydrogen (secondary N) is 2. The number of hydrogen-bond acceptors (Lipinski definition) is 3. The van der Waals surface area contributed by atoms with Crippen molar-refractivity contribution in [1.29, 1.82) is 0 Å². The van der Waals surface area contributed by atoms with Crippen LogP contribution in [0, 0.1) is 12.8 Å². The molecule has 1 amide bonds. The summed E-state index contributed by atoms with van der Waals surface area (Å²) in [6, 6.07) is 0.329. The van der Waals surface area contributed by atoms with Gasteiger partial charge in [0.25, 0.3) is 5.91 Å². The standard InChI is InChI=1S/C12H22N4O/c1-8(2)10(16(4)5)7-14-12(17)11-13-6-9(3)15-11/h6,8,10H,7H2,1-5H3,(H,13,15)(H,14,17). The van der Waals surface area contributed by atoms with E-state index < -0.39 is 0 Å². The summed E-state index contributed by atoms with van der Waals surface area (Å²) in [5, 5.41) is 2.90. The van der Waals surface area contributed by atoms with Gasteiger partial charge in [-0.15, -0.1) is 0 Å². The zero-order chi connectivity index (χ0) is 13.0. The lowest BCUT2D eigenvalue weighted by molar-refractivity contribution is 0.0925. The lowest BCUT2D eigenvalue weighted by Crippen LogP contribution is -2.43. The lowest BCUT2D eigenvalue weighted by atomic mass is 10.0. The minimum atomic E-state index is -0.148. The van der Waals surface area contributed by atoms with Crippen LogP contribution in [0.15, 0.2) is 6.20 Å². The van der Waals surface area contributed by atoms with Crippen molar-refractivity contribution >= 4 is 5.91 Å². The van der Waals surface area contributed by atoms with Crippen molar-refractivity contribution in [3.63, 3.8) is 0 Å². The van der Waals surface area contributed by atoms with E-state index in [1.54, 1.807) is 6.20 Å². The summed E-state index contributed by atoms with van der Waals surface area (Å²) >= 11 is 0. The molecule has 0 radical (unpaired) electrons. The summed E-state index contributed by atoms with van der Waals surface area (Å²) in [7, 11) is 4.04. The molecule has 1 atom stereocenters. The first-order valence-corrected chi connectivity index (χ1v) is 5.88. The van der Waals surface area contributed by atoms with Crippen LogP contribution < -0.4 is 5.32 Å². The van der Waals surface area contributed by atoms with Gasteiger partial charge >= 0.3 is 0 Å². The minimum Gasteiger partial charge on any atom is -0.348 e. The maximum Gasteiger partial charge on any atom is 0.287 e. The van der Waals surface area contributed by atoms with Gasteiger partial charge in [-0.05, 0) is 26.9 Å². The van der Waals surface area contributed by atoms with Gasteiger partial charge in [-0.1, -0.05) is 13.8 Å². The van der Waals surface area contributed by atoms with Gasteiger partial charge in [-0.3, -0.25) is 4.79 Å². The van der Waals surface area contributed by atoms with E-state index in [4.69, 9.17) is 0 Å². The molecule has 1 aromatic heterocycles. The molecule has 0 bridgehead atoms. The highest BCUT2D eigenvalue weighted by Gasteiger charge is 2.17. The van der Waals surface area contributed by atoms with Crippen molar-refractivity contribution in [1.82, 2.24) is 20.2 Å². The molecular weight excluding hydrogens is 216 g/mol. The van der Waals surface area contributed by atoms with E-state index in [9.17, 15) is 4.79 Å². The fourth-order valence-electron chi connectivity index (χ4n) is 1.82. The van der Waals surface area contributed by atoms with Crippen LogP contribution in [0.2, 0.25) is 0 Å². The predicted octanol–water partition coefficient (Wildman–Crippen LogP) is 1.03. The highest BCUT2D eigenvalue weighted by atomic mass is 16.2. The number of H-pyrrole nitrogens is 1. The number of aryl methyl sites for hydroxylation is 1. The topological polar surface area (TPSA) is 61.0 Å². The third-order valence-electron chi connectivity index (χ3n) is 2.82. The molecule has 0 fully saturated rings. The molecule has 0 aliphatic rings. The second-order valence-electron chi connectivity index (χ2n) is 4.90. The van der Waals surface area contributed by atoms with E-state index in [-0.39, 0.29) is 5.91 Å². The largest absolute Gasteiger partial charge is 0.348 e. The molecule has 2 N–H and O–H groups in total. The van der Waals surface area contributed by atoms with Crippen LogP contribution in [0.4, 0.5) is 0 Å². The SMILES string of the molecule is Cc1cnc(C(=O)NCC(C(C)C)N(C)C)[nH]1. The number of rotatable bonds is 5. The summed E-state index contributed by atoms with van der Waals surface area (Å²) in [5.41, 5.74) is 0.892. The van der Waals surface area contributed by atoms with Gasteiger partial charge < -0.3 is 15.2 Å². The van der Waals surface area contributed by atoms with E-state index in [2.05, 4.69) is 34.0 Å². The first kappa shape index (κ1) is 13.7. The molecule has 5 heteroatoms. The van der Waals surface area contributed by atoms with Crippen molar-refractivity contribution in [3.8, 4) is 0 Å². The van der Waals surface area contributed by atoms with Crippen LogP contribution >= 0.6 is 0 Å². The molecule has 1 unspecified atom stereocenters. The minimum absolute atomic E-state index is 0.148. The van der Waals surface area contributed by atoms with Crippen molar-refractivity contribution < 1.29 is 4.79 Å². The number of imidazole rings is 1. The Kier molecular flexibility index (Phi) is 4.69. The molecule has 1 rings (SSSR count). The highest BCUT2D eigenvalue weighted by Crippen LogP contribution is 2.06. The van der Waals surface area contributed by atoms with Gasteiger partial charge in [0.05, 0.1) is 0 Å². The zero-order valence-corrected chi connectivity index (χ0v) is 11.2. The van der Waals surface area contributed by atoms with Crippen molar-refractivity contribution in [2.24, 2.45) is 5.92 Å². The van der Waals surface area contributed by atoms with E-state index in [0.29, 0.717) is 24.3 Å². The van der Waals surface area contributed by atoms with E-state index in [0.717, 1.165) is 5.69 Å². The number of hydrogen-bond donors (Lipinski definition) is 2. The van der Waals surface area contributed by atoms with Crippen LogP contribution in [0.1, 0.15) is 30.2 Å². The monoisotopic (exact) mass is 238 g/mol. The Labute approximate surface area is 103 Å². The summed E-state index contributed by atoms with van der Waals surface area (Å²) < 4.78 is 0. The third kappa shape index (κ3) is 3.85. The highest BCUT2D eigenvalue weighted by molar-refractivity contribution is 5.90. The van der Waals surface area contributed by atoms with Crippen molar-refractivity contribution in [3.05, 3.63) is 17.7 Å². The average molecular weight is 238 g/mol. The second-order valence-corrected chi connectivity index (χ2v) is 4.90. The number of amides is 1. The van der Waals surface area contributed by atoms with Crippen LogP contribution in [0.5, 0.6) is 0 Å². The number of carbonyl (C=O) groups excluding carboxylic acids is 1. The molecule has 0 aliphatic heterocycles. The summed E-state index contributed by atoms with van der Waals surface area (Å²) in [6.45, 7) is 6.80. The fraction of sp³-hybridized carbons (Fsp3) is 0.667. The Morgan fingerprint density at radius 1 is 1.53 bits per heavy atom. The number of nitrogens with zero attached hydrogens (tertiary/aromatic N) is 2. The average Bonchev–Trinajstić information content (AvgIpc) is 2.63. The molecule has 5 nitrogen and oxygen atoms in total. The van der Waals surface area contributed by atoms with Crippen LogP contribution in [0.3, 0.4) is 0 Å². The first-order chi connectivity index (χ1) is 7.91. The van der Waals surface area contributed by atoms with E-state index in [1.807, 2.05) is 21.0 Å². The Bertz CT molecular complexity index is 362. The maximum atomic E-state index is 11.8. The maximum absolute atomic E-state index is 11.8. The predicted molar refractivity (Wildman–Crippen MR) is 68.0 cm³/mol. The summed E-state index contributed by atoms with van der Waals surface area (Å²) in [6.07, 6.45) is 1.65. The number of carbonyl (C=O) groups is 1. The van der Waals surface area contributed by atoms with Crippen molar-refractivity contribution in [2.75, 3.05) is 20.6 Å².